The van der Waals surface area contributed by atoms with E-state index in [4.69, 9.17) is 9.47 Å². The SMILES string of the molecule is COc1cc(C(=O)NCC2CCCNC2)ccc1OCCC(C)C. The van der Waals surface area contributed by atoms with Gasteiger partial charge < -0.3 is 20.1 Å². The number of nitrogens with one attached hydrogen (secondary N) is 2. The highest BCUT2D eigenvalue weighted by molar-refractivity contribution is 5.94. The quantitative estimate of drug-likeness (QED) is 0.767. The van der Waals surface area contributed by atoms with Crippen LogP contribution in [0.25, 0.3) is 0 Å². The third-order valence-corrected chi connectivity index (χ3v) is 4.33. The van der Waals surface area contributed by atoms with Gasteiger partial charge in [-0.15, -0.1) is 0 Å². The number of piperidine rings is 1. The Balaban J connectivity index is 1.90. The van der Waals surface area contributed by atoms with Crippen LogP contribution in [0.3, 0.4) is 0 Å². The fourth-order valence-corrected chi connectivity index (χ4v) is 2.77. The molecule has 1 fully saturated rings. The summed E-state index contributed by atoms with van der Waals surface area (Å²) in [6, 6.07) is 5.36. The van der Waals surface area contributed by atoms with Crippen molar-refractivity contribution in [2.24, 2.45) is 11.8 Å². The summed E-state index contributed by atoms with van der Waals surface area (Å²) in [7, 11) is 1.60. The van der Waals surface area contributed by atoms with Gasteiger partial charge in [0.25, 0.3) is 5.91 Å². The van der Waals surface area contributed by atoms with E-state index in [0.717, 1.165) is 19.5 Å². The molecule has 5 heteroatoms. The van der Waals surface area contributed by atoms with Crippen molar-refractivity contribution in [1.82, 2.24) is 10.6 Å². The molecule has 1 atom stereocenters. The Morgan fingerprint density at radius 2 is 2.21 bits per heavy atom. The molecule has 1 heterocycles. The monoisotopic (exact) mass is 334 g/mol. The maximum atomic E-state index is 12.3. The molecule has 0 spiro atoms. The molecule has 1 aromatic rings. The average molecular weight is 334 g/mol. The van der Waals surface area contributed by atoms with Gasteiger partial charge in [-0.2, -0.15) is 0 Å². The summed E-state index contributed by atoms with van der Waals surface area (Å²) in [4.78, 5) is 12.3. The molecule has 5 nitrogen and oxygen atoms in total. The van der Waals surface area contributed by atoms with E-state index in [2.05, 4.69) is 24.5 Å². The van der Waals surface area contributed by atoms with Gasteiger partial charge in [-0.3, -0.25) is 4.79 Å². The van der Waals surface area contributed by atoms with Crippen LogP contribution in [0.5, 0.6) is 11.5 Å². The zero-order valence-corrected chi connectivity index (χ0v) is 15.1. The topological polar surface area (TPSA) is 59.6 Å². The van der Waals surface area contributed by atoms with Crippen LogP contribution < -0.4 is 20.1 Å². The molecule has 2 rings (SSSR count). The maximum absolute atomic E-state index is 12.3. The number of ether oxygens (including phenoxy) is 2. The molecule has 1 amide bonds. The molecule has 134 valence electrons. The van der Waals surface area contributed by atoms with Crippen LogP contribution in [-0.4, -0.2) is 39.3 Å². The summed E-state index contributed by atoms with van der Waals surface area (Å²) in [6.07, 6.45) is 3.33. The Morgan fingerprint density at radius 1 is 1.38 bits per heavy atom. The van der Waals surface area contributed by atoms with Gasteiger partial charge >= 0.3 is 0 Å². The van der Waals surface area contributed by atoms with E-state index in [1.807, 2.05) is 6.07 Å². The standard InChI is InChI=1S/C19H30N2O3/c1-14(2)8-10-24-17-7-6-16(11-18(17)23-3)19(22)21-13-15-5-4-9-20-12-15/h6-7,11,14-15,20H,4-5,8-10,12-13H2,1-3H3,(H,21,22). The number of benzene rings is 1. The van der Waals surface area contributed by atoms with Crippen molar-refractivity contribution in [3.63, 3.8) is 0 Å². The Kier molecular flexibility index (Phi) is 7.37. The van der Waals surface area contributed by atoms with Gasteiger partial charge in [0, 0.05) is 12.1 Å². The zero-order chi connectivity index (χ0) is 17.4. The average Bonchev–Trinajstić information content (AvgIpc) is 2.60. The van der Waals surface area contributed by atoms with Gasteiger partial charge in [0.05, 0.1) is 13.7 Å². The first kappa shape index (κ1) is 18.6. The number of hydrogen-bond donors (Lipinski definition) is 2. The summed E-state index contributed by atoms with van der Waals surface area (Å²) in [5, 5.41) is 6.39. The van der Waals surface area contributed by atoms with Crippen molar-refractivity contribution >= 4 is 5.91 Å². The van der Waals surface area contributed by atoms with Crippen molar-refractivity contribution in [3.05, 3.63) is 23.8 Å². The number of amides is 1. The lowest BCUT2D eigenvalue weighted by molar-refractivity contribution is 0.0944. The Morgan fingerprint density at radius 3 is 2.88 bits per heavy atom. The Labute approximate surface area is 145 Å². The van der Waals surface area contributed by atoms with E-state index in [1.54, 1.807) is 19.2 Å². The third kappa shape index (κ3) is 5.71. The van der Waals surface area contributed by atoms with E-state index in [1.165, 1.54) is 12.8 Å². The summed E-state index contributed by atoms with van der Waals surface area (Å²) >= 11 is 0. The van der Waals surface area contributed by atoms with Gasteiger partial charge in [-0.25, -0.2) is 0 Å². The van der Waals surface area contributed by atoms with Crippen LogP contribution >= 0.6 is 0 Å². The van der Waals surface area contributed by atoms with Crippen LogP contribution in [0, 0.1) is 11.8 Å². The van der Waals surface area contributed by atoms with Gasteiger partial charge in [0.15, 0.2) is 11.5 Å². The molecule has 0 aromatic heterocycles. The zero-order valence-electron chi connectivity index (χ0n) is 15.1. The van der Waals surface area contributed by atoms with Crippen LogP contribution in [0.4, 0.5) is 0 Å². The van der Waals surface area contributed by atoms with Crippen molar-refractivity contribution in [2.75, 3.05) is 33.4 Å². The van der Waals surface area contributed by atoms with E-state index in [9.17, 15) is 4.79 Å². The summed E-state index contributed by atoms with van der Waals surface area (Å²) < 4.78 is 11.1. The molecule has 1 unspecified atom stereocenters. The second-order valence-electron chi connectivity index (χ2n) is 6.82. The third-order valence-electron chi connectivity index (χ3n) is 4.33. The van der Waals surface area contributed by atoms with Crippen LogP contribution in [-0.2, 0) is 0 Å². The van der Waals surface area contributed by atoms with Gasteiger partial charge in [0.1, 0.15) is 0 Å². The van der Waals surface area contributed by atoms with Gasteiger partial charge in [-0.05, 0) is 62.4 Å². The second-order valence-corrected chi connectivity index (χ2v) is 6.82. The van der Waals surface area contributed by atoms with Crippen molar-refractivity contribution in [3.8, 4) is 11.5 Å². The minimum atomic E-state index is -0.0624. The fourth-order valence-electron chi connectivity index (χ4n) is 2.77. The predicted molar refractivity (Wildman–Crippen MR) is 95.9 cm³/mol. The second kappa shape index (κ2) is 9.52. The van der Waals surface area contributed by atoms with E-state index in [0.29, 0.717) is 42.0 Å². The molecule has 0 radical (unpaired) electrons. The minimum Gasteiger partial charge on any atom is -0.493 e. The lowest BCUT2D eigenvalue weighted by atomic mass is 9.99. The van der Waals surface area contributed by atoms with Gasteiger partial charge in [0.2, 0.25) is 0 Å². The molecule has 1 aliphatic rings. The van der Waals surface area contributed by atoms with Crippen LogP contribution in [0.1, 0.15) is 43.5 Å². The molecule has 1 aromatic carbocycles. The lowest BCUT2D eigenvalue weighted by Gasteiger charge is -2.23. The van der Waals surface area contributed by atoms with E-state index in [-0.39, 0.29) is 5.91 Å². The van der Waals surface area contributed by atoms with E-state index >= 15 is 0 Å². The van der Waals surface area contributed by atoms with Crippen molar-refractivity contribution in [1.29, 1.82) is 0 Å². The molecule has 1 aliphatic heterocycles. The molecular formula is C19H30N2O3. The smallest absolute Gasteiger partial charge is 0.251 e. The predicted octanol–water partition coefficient (Wildman–Crippen LogP) is 2.85. The van der Waals surface area contributed by atoms with Crippen molar-refractivity contribution in [2.45, 2.75) is 33.1 Å². The number of rotatable bonds is 8. The molecule has 0 bridgehead atoms. The summed E-state index contributed by atoms with van der Waals surface area (Å²) in [6.45, 7) is 7.74. The molecular weight excluding hydrogens is 304 g/mol. The van der Waals surface area contributed by atoms with Crippen LogP contribution in [0.15, 0.2) is 18.2 Å². The number of hydrogen-bond acceptors (Lipinski definition) is 4. The maximum Gasteiger partial charge on any atom is 0.251 e. The normalized spacial score (nSPS) is 17.6. The fraction of sp³-hybridized carbons (Fsp3) is 0.632. The Bertz CT molecular complexity index is 525. The first-order valence-corrected chi connectivity index (χ1v) is 8.90. The largest absolute Gasteiger partial charge is 0.493 e. The molecule has 0 saturated carbocycles. The first-order valence-electron chi connectivity index (χ1n) is 8.90. The van der Waals surface area contributed by atoms with Crippen molar-refractivity contribution < 1.29 is 14.3 Å². The summed E-state index contributed by atoms with van der Waals surface area (Å²) in [5.74, 6) is 2.34. The molecule has 24 heavy (non-hydrogen) atoms. The number of carbonyl (C=O) groups is 1. The highest BCUT2D eigenvalue weighted by atomic mass is 16.5. The number of carbonyl (C=O) groups excluding carboxylic acids is 1. The highest BCUT2D eigenvalue weighted by Crippen LogP contribution is 2.28. The number of methoxy groups -OCH3 is 1. The molecule has 2 N–H and O–H groups in total. The Hall–Kier alpha value is -1.75. The summed E-state index contributed by atoms with van der Waals surface area (Å²) in [5.41, 5.74) is 0.604. The van der Waals surface area contributed by atoms with E-state index < -0.39 is 0 Å². The molecule has 0 aliphatic carbocycles. The highest BCUT2D eigenvalue weighted by Gasteiger charge is 2.16. The lowest BCUT2D eigenvalue weighted by Crippen LogP contribution is -2.38. The first-order chi connectivity index (χ1) is 11.6. The van der Waals surface area contributed by atoms with Crippen LogP contribution in [0.2, 0.25) is 0 Å². The molecule has 1 saturated heterocycles. The minimum absolute atomic E-state index is 0.0624. The van der Waals surface area contributed by atoms with Gasteiger partial charge in [-0.1, -0.05) is 13.8 Å².